The molecule has 2 heterocycles. The van der Waals surface area contributed by atoms with Crippen LogP contribution in [0, 0.1) is 0 Å². The van der Waals surface area contributed by atoms with Crippen molar-refractivity contribution in [2.45, 2.75) is 25.9 Å². The van der Waals surface area contributed by atoms with Crippen LogP contribution in [0.1, 0.15) is 19.4 Å². The minimum atomic E-state index is -0.877. The van der Waals surface area contributed by atoms with Gasteiger partial charge in [-0.3, -0.25) is 4.79 Å². The topological polar surface area (TPSA) is 85.8 Å². The van der Waals surface area contributed by atoms with E-state index in [4.69, 9.17) is 5.73 Å². The standard InChI is InChI=1S/C13H17N5O.2ClH/c1-13(2,14)12(19)16-9-10-4-6-15-11(8-10)18-7-3-5-17-18;;/h3-8H,9,14H2,1-2H3,(H,16,19);2*1H. The summed E-state index contributed by atoms with van der Waals surface area (Å²) in [7, 11) is 0. The number of pyridine rings is 1. The number of carbonyl (C=O) groups is 1. The Balaban J connectivity index is 0.00000200. The van der Waals surface area contributed by atoms with Gasteiger partial charge in [0.15, 0.2) is 5.82 Å². The molecule has 0 spiro atoms. The molecule has 6 nitrogen and oxygen atoms in total. The number of amides is 1. The summed E-state index contributed by atoms with van der Waals surface area (Å²) in [4.78, 5) is 15.9. The van der Waals surface area contributed by atoms with Gasteiger partial charge in [-0.1, -0.05) is 0 Å². The Bertz CT molecular complexity index is 566. The van der Waals surface area contributed by atoms with Crippen LogP contribution in [0.25, 0.3) is 5.82 Å². The van der Waals surface area contributed by atoms with Gasteiger partial charge in [0.2, 0.25) is 5.91 Å². The first-order chi connectivity index (χ1) is 8.97. The Kier molecular flexibility index (Phi) is 7.35. The summed E-state index contributed by atoms with van der Waals surface area (Å²) in [5.74, 6) is 0.522. The largest absolute Gasteiger partial charge is 0.350 e. The molecule has 0 aliphatic heterocycles. The first-order valence-electron chi connectivity index (χ1n) is 5.99. The van der Waals surface area contributed by atoms with Gasteiger partial charge < -0.3 is 11.1 Å². The van der Waals surface area contributed by atoms with Crippen LogP contribution in [0.3, 0.4) is 0 Å². The molecule has 0 aromatic carbocycles. The van der Waals surface area contributed by atoms with Gasteiger partial charge in [-0.15, -0.1) is 24.8 Å². The molecule has 2 rings (SSSR count). The van der Waals surface area contributed by atoms with Gasteiger partial charge >= 0.3 is 0 Å². The van der Waals surface area contributed by atoms with E-state index in [0.717, 1.165) is 5.56 Å². The van der Waals surface area contributed by atoms with E-state index in [1.54, 1.807) is 30.9 Å². The highest BCUT2D eigenvalue weighted by atomic mass is 35.5. The molecule has 0 radical (unpaired) electrons. The Labute approximate surface area is 135 Å². The zero-order chi connectivity index (χ0) is 13.9. The van der Waals surface area contributed by atoms with E-state index >= 15 is 0 Å². The SMILES string of the molecule is CC(C)(N)C(=O)NCc1ccnc(-n2cccn2)c1.Cl.Cl. The normalized spacial score (nSPS) is 10.2. The molecule has 0 saturated carbocycles. The van der Waals surface area contributed by atoms with Crippen LogP contribution in [0.5, 0.6) is 0 Å². The molecule has 8 heteroatoms. The van der Waals surface area contributed by atoms with Crippen LogP contribution in [0.15, 0.2) is 36.8 Å². The lowest BCUT2D eigenvalue weighted by atomic mass is 10.1. The van der Waals surface area contributed by atoms with Gasteiger partial charge in [0.05, 0.1) is 5.54 Å². The molecule has 1 amide bonds. The Morgan fingerprint density at radius 2 is 2.10 bits per heavy atom. The molecule has 21 heavy (non-hydrogen) atoms. The van der Waals surface area contributed by atoms with Crippen molar-refractivity contribution in [2.24, 2.45) is 5.73 Å². The first kappa shape index (κ1) is 19.4. The second kappa shape index (κ2) is 7.97. The zero-order valence-corrected chi connectivity index (χ0v) is 13.4. The fraction of sp³-hybridized carbons (Fsp3) is 0.308. The summed E-state index contributed by atoms with van der Waals surface area (Å²) in [6, 6.07) is 5.54. The maximum Gasteiger partial charge on any atom is 0.239 e. The second-order valence-corrected chi connectivity index (χ2v) is 4.88. The zero-order valence-electron chi connectivity index (χ0n) is 11.8. The van der Waals surface area contributed by atoms with E-state index in [2.05, 4.69) is 15.4 Å². The van der Waals surface area contributed by atoms with E-state index in [0.29, 0.717) is 12.4 Å². The quantitative estimate of drug-likeness (QED) is 0.888. The highest BCUT2D eigenvalue weighted by Gasteiger charge is 2.21. The fourth-order valence-corrected chi connectivity index (χ4v) is 1.51. The van der Waals surface area contributed by atoms with E-state index in [-0.39, 0.29) is 30.7 Å². The van der Waals surface area contributed by atoms with Crippen molar-refractivity contribution in [3.8, 4) is 5.82 Å². The highest BCUT2D eigenvalue weighted by Crippen LogP contribution is 2.06. The maximum atomic E-state index is 11.7. The van der Waals surface area contributed by atoms with Gasteiger partial charge in [-0.2, -0.15) is 5.10 Å². The van der Waals surface area contributed by atoms with E-state index in [1.807, 2.05) is 24.4 Å². The summed E-state index contributed by atoms with van der Waals surface area (Å²) >= 11 is 0. The predicted octanol–water partition coefficient (Wildman–Crippen LogP) is 1.46. The van der Waals surface area contributed by atoms with Crippen molar-refractivity contribution in [3.63, 3.8) is 0 Å². The molecule has 0 fully saturated rings. The summed E-state index contributed by atoms with van der Waals surface area (Å²) in [6.07, 6.45) is 5.19. The third kappa shape index (κ3) is 5.34. The van der Waals surface area contributed by atoms with E-state index in [9.17, 15) is 4.79 Å². The molecule has 2 aromatic rings. The minimum Gasteiger partial charge on any atom is -0.350 e. The summed E-state index contributed by atoms with van der Waals surface area (Å²) in [6.45, 7) is 3.75. The summed E-state index contributed by atoms with van der Waals surface area (Å²) in [5.41, 5.74) is 5.78. The molecule has 0 saturated heterocycles. The smallest absolute Gasteiger partial charge is 0.239 e. The second-order valence-electron chi connectivity index (χ2n) is 4.88. The van der Waals surface area contributed by atoms with Gasteiger partial charge in [0.25, 0.3) is 0 Å². The minimum absolute atomic E-state index is 0. The number of nitrogens with two attached hydrogens (primary N) is 1. The third-order valence-corrected chi connectivity index (χ3v) is 2.59. The average molecular weight is 332 g/mol. The van der Waals surface area contributed by atoms with Crippen LogP contribution >= 0.6 is 24.8 Å². The lowest BCUT2D eigenvalue weighted by molar-refractivity contribution is -0.125. The van der Waals surface area contributed by atoms with Crippen LogP contribution in [0.4, 0.5) is 0 Å². The Morgan fingerprint density at radius 3 is 2.67 bits per heavy atom. The van der Waals surface area contributed by atoms with Crippen LogP contribution < -0.4 is 11.1 Å². The van der Waals surface area contributed by atoms with Crippen molar-refractivity contribution in [2.75, 3.05) is 0 Å². The van der Waals surface area contributed by atoms with Gasteiger partial charge in [0, 0.05) is 25.1 Å². The molecule has 0 aliphatic rings. The molecule has 3 N–H and O–H groups in total. The molecular weight excluding hydrogens is 313 g/mol. The fourth-order valence-electron chi connectivity index (χ4n) is 1.51. The van der Waals surface area contributed by atoms with Crippen LogP contribution in [-0.4, -0.2) is 26.2 Å². The molecule has 0 unspecified atom stereocenters. The first-order valence-corrected chi connectivity index (χ1v) is 5.99. The number of aromatic nitrogens is 3. The monoisotopic (exact) mass is 331 g/mol. The summed E-state index contributed by atoms with van der Waals surface area (Å²) < 4.78 is 1.66. The van der Waals surface area contributed by atoms with E-state index < -0.39 is 5.54 Å². The number of halogens is 2. The lowest BCUT2D eigenvalue weighted by Gasteiger charge is -2.17. The highest BCUT2D eigenvalue weighted by molar-refractivity contribution is 5.85. The third-order valence-electron chi connectivity index (χ3n) is 2.59. The Hall–Kier alpha value is -1.63. The summed E-state index contributed by atoms with van der Waals surface area (Å²) in [5, 5.41) is 6.90. The number of nitrogens with zero attached hydrogens (tertiary/aromatic N) is 3. The van der Waals surface area contributed by atoms with E-state index in [1.165, 1.54) is 0 Å². The number of nitrogens with one attached hydrogen (secondary N) is 1. The number of rotatable bonds is 4. The van der Waals surface area contributed by atoms with Crippen LogP contribution in [-0.2, 0) is 11.3 Å². The molecule has 0 atom stereocenters. The van der Waals surface area contributed by atoms with Gasteiger partial charge in [-0.05, 0) is 37.6 Å². The van der Waals surface area contributed by atoms with Crippen LogP contribution in [0.2, 0.25) is 0 Å². The molecule has 2 aromatic heterocycles. The van der Waals surface area contributed by atoms with Crippen molar-refractivity contribution in [1.82, 2.24) is 20.1 Å². The number of carbonyl (C=O) groups excluding carboxylic acids is 1. The molecule has 0 bridgehead atoms. The Morgan fingerprint density at radius 1 is 1.38 bits per heavy atom. The lowest BCUT2D eigenvalue weighted by Crippen LogP contribution is -2.48. The predicted molar refractivity (Wildman–Crippen MR) is 86.0 cm³/mol. The number of hydrogen-bond donors (Lipinski definition) is 2. The molecule has 116 valence electrons. The average Bonchev–Trinajstić information content (AvgIpc) is 2.89. The van der Waals surface area contributed by atoms with Gasteiger partial charge in [0.1, 0.15) is 0 Å². The van der Waals surface area contributed by atoms with Crippen molar-refractivity contribution < 1.29 is 4.79 Å². The molecule has 0 aliphatic carbocycles. The van der Waals surface area contributed by atoms with Gasteiger partial charge in [-0.25, -0.2) is 9.67 Å². The number of hydrogen-bond acceptors (Lipinski definition) is 4. The van der Waals surface area contributed by atoms with Crippen molar-refractivity contribution >= 4 is 30.7 Å². The maximum absolute atomic E-state index is 11.7. The molecular formula is C13H19Cl2N5O. The van der Waals surface area contributed by atoms with Crippen molar-refractivity contribution in [1.29, 1.82) is 0 Å². The van der Waals surface area contributed by atoms with Crippen molar-refractivity contribution in [3.05, 3.63) is 42.4 Å².